The molecule has 1 aromatic heterocycles. The van der Waals surface area contributed by atoms with Gasteiger partial charge in [0.05, 0.1) is 0 Å². The molecule has 3 unspecified atom stereocenters. The molecule has 1 aromatic rings. The normalized spacial score (nSPS) is 25.8. The molecule has 3 atom stereocenters. The molecule has 2 rings (SSSR count). The van der Waals surface area contributed by atoms with Crippen molar-refractivity contribution in [1.29, 1.82) is 0 Å². The Hall–Kier alpha value is -1.13. The second-order valence-electron chi connectivity index (χ2n) is 5.96. The van der Waals surface area contributed by atoms with E-state index in [9.17, 15) is 0 Å². The number of rotatable bonds is 4. The Morgan fingerprint density at radius 3 is 2.60 bits per heavy atom. The average molecular weight is 276 g/mol. The van der Waals surface area contributed by atoms with E-state index in [0.717, 1.165) is 25.5 Å². The quantitative estimate of drug-likeness (QED) is 0.914. The molecule has 0 bridgehead atoms. The van der Waals surface area contributed by atoms with Gasteiger partial charge in [-0.3, -0.25) is 4.90 Å². The van der Waals surface area contributed by atoms with Crippen molar-refractivity contribution in [3.05, 3.63) is 23.9 Å². The van der Waals surface area contributed by atoms with Crippen LogP contribution in [0.1, 0.15) is 39.3 Å². The fourth-order valence-corrected chi connectivity index (χ4v) is 3.01. The van der Waals surface area contributed by atoms with Crippen LogP contribution in [0.2, 0.25) is 0 Å². The van der Waals surface area contributed by atoms with Gasteiger partial charge in [0.25, 0.3) is 0 Å². The van der Waals surface area contributed by atoms with Gasteiger partial charge in [0.1, 0.15) is 5.82 Å². The Kier molecular flexibility index (Phi) is 5.00. The first kappa shape index (κ1) is 15.3. The summed E-state index contributed by atoms with van der Waals surface area (Å²) in [5.74, 6) is 1.15. The van der Waals surface area contributed by atoms with Gasteiger partial charge in [0.2, 0.25) is 0 Å². The van der Waals surface area contributed by atoms with Crippen molar-refractivity contribution in [3.63, 3.8) is 0 Å². The monoisotopic (exact) mass is 276 g/mol. The zero-order chi connectivity index (χ0) is 14.7. The number of hydrogen-bond acceptors (Lipinski definition) is 4. The van der Waals surface area contributed by atoms with Crippen LogP contribution in [0.15, 0.2) is 18.3 Å². The summed E-state index contributed by atoms with van der Waals surface area (Å²) in [5, 5.41) is 3.50. The Labute approximate surface area is 123 Å². The van der Waals surface area contributed by atoms with E-state index in [4.69, 9.17) is 0 Å². The number of nitrogens with one attached hydrogen (secondary N) is 1. The van der Waals surface area contributed by atoms with Crippen LogP contribution in [0, 0.1) is 0 Å². The number of likely N-dealkylation sites (N-methyl/N-ethyl adjacent to an activating group) is 1. The molecule has 4 nitrogen and oxygen atoms in total. The van der Waals surface area contributed by atoms with E-state index in [1.165, 1.54) is 5.56 Å². The minimum absolute atomic E-state index is 0.342. The Bertz CT molecular complexity index is 422. The maximum atomic E-state index is 4.67. The summed E-state index contributed by atoms with van der Waals surface area (Å²) >= 11 is 0. The Morgan fingerprint density at radius 2 is 2.00 bits per heavy atom. The van der Waals surface area contributed by atoms with Crippen molar-refractivity contribution >= 4 is 5.82 Å². The van der Waals surface area contributed by atoms with Gasteiger partial charge in [-0.05, 0) is 40.4 Å². The first-order valence-corrected chi connectivity index (χ1v) is 7.69. The first-order chi connectivity index (χ1) is 9.54. The van der Waals surface area contributed by atoms with Crippen LogP contribution in [0.25, 0.3) is 0 Å². The molecule has 1 saturated heterocycles. The molecular weight excluding hydrogens is 248 g/mol. The van der Waals surface area contributed by atoms with Crippen LogP contribution in [-0.2, 0) is 0 Å². The minimum Gasteiger partial charge on any atom is -0.353 e. The molecule has 1 aliphatic rings. The lowest BCUT2D eigenvalue weighted by Crippen LogP contribution is -2.55. The second-order valence-corrected chi connectivity index (χ2v) is 5.96. The highest BCUT2D eigenvalue weighted by Gasteiger charge is 2.28. The van der Waals surface area contributed by atoms with Gasteiger partial charge in [-0.15, -0.1) is 0 Å². The largest absolute Gasteiger partial charge is 0.353 e. The van der Waals surface area contributed by atoms with Gasteiger partial charge >= 0.3 is 0 Å². The molecular formula is C16H28N4. The summed E-state index contributed by atoms with van der Waals surface area (Å²) in [6.45, 7) is 12.0. The van der Waals surface area contributed by atoms with Gasteiger partial charge < -0.3 is 10.2 Å². The molecule has 1 N–H and O–H groups in total. The molecule has 4 heteroatoms. The molecule has 112 valence electrons. The number of pyridine rings is 1. The molecule has 1 fully saturated rings. The molecule has 0 amide bonds. The second kappa shape index (κ2) is 6.55. The number of piperazine rings is 1. The molecule has 0 spiro atoms. The van der Waals surface area contributed by atoms with Gasteiger partial charge in [-0.25, -0.2) is 4.98 Å². The third kappa shape index (κ3) is 3.13. The summed E-state index contributed by atoms with van der Waals surface area (Å²) in [6, 6.07) is 5.69. The highest BCUT2D eigenvalue weighted by Crippen LogP contribution is 2.27. The van der Waals surface area contributed by atoms with Gasteiger partial charge in [-0.2, -0.15) is 0 Å². The summed E-state index contributed by atoms with van der Waals surface area (Å²) in [7, 11) is 2.22. The van der Waals surface area contributed by atoms with Crippen molar-refractivity contribution in [2.24, 2.45) is 0 Å². The SMILES string of the molecule is CCNC(C)c1cccnc1N1CC(C)N(C)C(C)C1. The third-order valence-corrected chi connectivity index (χ3v) is 4.45. The summed E-state index contributed by atoms with van der Waals surface area (Å²) in [4.78, 5) is 9.56. The number of hydrogen-bond donors (Lipinski definition) is 1. The topological polar surface area (TPSA) is 31.4 Å². The molecule has 0 aliphatic carbocycles. The van der Waals surface area contributed by atoms with E-state index in [-0.39, 0.29) is 0 Å². The van der Waals surface area contributed by atoms with Crippen molar-refractivity contribution in [2.45, 2.75) is 45.8 Å². The average Bonchev–Trinajstić information content (AvgIpc) is 2.44. The fourth-order valence-electron chi connectivity index (χ4n) is 3.01. The summed E-state index contributed by atoms with van der Waals surface area (Å²) in [6.07, 6.45) is 1.91. The van der Waals surface area contributed by atoms with E-state index in [1.807, 2.05) is 12.3 Å². The van der Waals surface area contributed by atoms with Gasteiger partial charge in [0, 0.05) is 43.0 Å². The van der Waals surface area contributed by atoms with E-state index >= 15 is 0 Å². The summed E-state index contributed by atoms with van der Waals surface area (Å²) < 4.78 is 0. The maximum Gasteiger partial charge on any atom is 0.133 e. The zero-order valence-corrected chi connectivity index (χ0v) is 13.4. The van der Waals surface area contributed by atoms with Gasteiger partial charge in [0.15, 0.2) is 0 Å². The standard InChI is InChI=1S/C16H28N4/c1-6-17-14(4)15-8-7-9-18-16(15)20-10-12(2)19(5)13(3)11-20/h7-9,12-14,17H,6,10-11H2,1-5H3. The lowest BCUT2D eigenvalue weighted by Gasteiger charge is -2.43. The predicted molar refractivity (Wildman–Crippen MR) is 85.2 cm³/mol. The van der Waals surface area contributed by atoms with Crippen LogP contribution in [-0.4, -0.2) is 48.6 Å². The minimum atomic E-state index is 0.342. The highest BCUT2D eigenvalue weighted by atomic mass is 15.3. The van der Waals surface area contributed by atoms with Gasteiger partial charge in [-0.1, -0.05) is 13.0 Å². The molecule has 0 radical (unpaired) electrons. The van der Waals surface area contributed by atoms with Crippen LogP contribution in [0.4, 0.5) is 5.82 Å². The zero-order valence-electron chi connectivity index (χ0n) is 13.4. The highest BCUT2D eigenvalue weighted by molar-refractivity contribution is 5.49. The molecule has 0 aromatic carbocycles. The predicted octanol–water partition coefficient (Wildman–Crippen LogP) is 2.28. The maximum absolute atomic E-state index is 4.67. The lowest BCUT2D eigenvalue weighted by molar-refractivity contribution is 0.169. The van der Waals surface area contributed by atoms with Crippen molar-refractivity contribution < 1.29 is 0 Å². The first-order valence-electron chi connectivity index (χ1n) is 7.69. The van der Waals surface area contributed by atoms with E-state index in [1.54, 1.807) is 0 Å². The smallest absolute Gasteiger partial charge is 0.133 e. The van der Waals surface area contributed by atoms with Crippen LogP contribution in [0.5, 0.6) is 0 Å². The van der Waals surface area contributed by atoms with E-state index in [0.29, 0.717) is 18.1 Å². The Morgan fingerprint density at radius 1 is 1.35 bits per heavy atom. The number of nitrogens with zero attached hydrogens (tertiary/aromatic N) is 3. The van der Waals surface area contributed by atoms with Crippen LogP contribution >= 0.6 is 0 Å². The van der Waals surface area contributed by atoms with Crippen LogP contribution < -0.4 is 10.2 Å². The molecule has 1 aliphatic heterocycles. The van der Waals surface area contributed by atoms with Crippen molar-refractivity contribution in [1.82, 2.24) is 15.2 Å². The Balaban J connectivity index is 2.24. The molecule has 20 heavy (non-hydrogen) atoms. The lowest BCUT2D eigenvalue weighted by atomic mass is 10.1. The molecule has 0 saturated carbocycles. The van der Waals surface area contributed by atoms with E-state index < -0.39 is 0 Å². The fraction of sp³-hybridized carbons (Fsp3) is 0.688. The number of aromatic nitrogens is 1. The summed E-state index contributed by atoms with van der Waals surface area (Å²) in [5.41, 5.74) is 1.30. The molecule has 2 heterocycles. The van der Waals surface area contributed by atoms with Crippen LogP contribution in [0.3, 0.4) is 0 Å². The third-order valence-electron chi connectivity index (χ3n) is 4.45. The number of anilines is 1. The van der Waals surface area contributed by atoms with E-state index in [2.05, 4.69) is 60.9 Å². The van der Waals surface area contributed by atoms with Crippen molar-refractivity contribution in [2.75, 3.05) is 31.6 Å². The van der Waals surface area contributed by atoms with Crippen molar-refractivity contribution in [3.8, 4) is 0 Å².